The number of halogens is 1. The molecule has 1 aliphatic rings. The van der Waals surface area contributed by atoms with E-state index < -0.39 is 6.10 Å². The lowest BCUT2D eigenvalue weighted by atomic mass is 10.1. The molecule has 2 heterocycles. The molecule has 22 heavy (non-hydrogen) atoms. The summed E-state index contributed by atoms with van der Waals surface area (Å²) in [5, 5.41) is 10.9. The van der Waals surface area contributed by atoms with Crippen LogP contribution in [0.3, 0.4) is 0 Å². The molecule has 116 valence electrons. The van der Waals surface area contributed by atoms with Crippen LogP contribution in [0.2, 0.25) is 5.02 Å². The Morgan fingerprint density at radius 1 is 1.14 bits per heavy atom. The van der Waals surface area contributed by atoms with E-state index in [1.54, 1.807) is 6.20 Å². The van der Waals surface area contributed by atoms with E-state index in [2.05, 4.69) is 19.8 Å². The molecule has 1 unspecified atom stereocenters. The Morgan fingerprint density at radius 2 is 1.86 bits per heavy atom. The fraction of sp³-hybridized carbons (Fsp3) is 0.375. The normalized spacial score (nSPS) is 17.5. The Kier molecular flexibility index (Phi) is 4.87. The van der Waals surface area contributed by atoms with Crippen LogP contribution in [0.1, 0.15) is 11.7 Å². The zero-order valence-electron chi connectivity index (χ0n) is 12.3. The van der Waals surface area contributed by atoms with Crippen LogP contribution >= 0.6 is 11.6 Å². The summed E-state index contributed by atoms with van der Waals surface area (Å²) in [6, 6.07) is 9.78. The summed E-state index contributed by atoms with van der Waals surface area (Å²) >= 11 is 6.14. The summed E-state index contributed by atoms with van der Waals surface area (Å²) in [5.41, 5.74) is 0.962. The summed E-state index contributed by atoms with van der Waals surface area (Å²) in [7, 11) is 0. The molecular formula is C16H19ClN4O. The molecule has 0 spiro atoms. The third kappa shape index (κ3) is 3.55. The van der Waals surface area contributed by atoms with Crippen LogP contribution in [0.15, 0.2) is 42.9 Å². The molecule has 3 rings (SSSR count). The maximum atomic E-state index is 10.3. The maximum Gasteiger partial charge on any atom is 0.150 e. The number of piperazine rings is 1. The fourth-order valence-electron chi connectivity index (χ4n) is 2.71. The van der Waals surface area contributed by atoms with E-state index in [0.29, 0.717) is 11.6 Å². The first-order valence-corrected chi connectivity index (χ1v) is 7.77. The smallest absolute Gasteiger partial charge is 0.150 e. The predicted molar refractivity (Wildman–Crippen MR) is 87.1 cm³/mol. The summed E-state index contributed by atoms with van der Waals surface area (Å²) < 4.78 is 0. The lowest BCUT2D eigenvalue weighted by molar-refractivity contribution is 0.109. The van der Waals surface area contributed by atoms with Crippen LogP contribution in [-0.2, 0) is 0 Å². The van der Waals surface area contributed by atoms with Gasteiger partial charge in [0, 0.05) is 32.7 Å². The maximum absolute atomic E-state index is 10.3. The SMILES string of the molecule is OC(CN1CCN(c2ncncc2Cl)CC1)c1ccccc1. The van der Waals surface area contributed by atoms with Gasteiger partial charge in [0.25, 0.3) is 0 Å². The standard InChI is InChI=1S/C16H19ClN4O/c17-14-10-18-12-19-16(14)21-8-6-20(7-9-21)11-15(22)13-4-2-1-3-5-13/h1-5,10,12,15,22H,6-9,11H2. The minimum atomic E-state index is -0.449. The Bertz CT molecular complexity index is 602. The number of hydrogen-bond donors (Lipinski definition) is 1. The Hall–Kier alpha value is -1.69. The van der Waals surface area contributed by atoms with Gasteiger partial charge in [0.05, 0.1) is 12.3 Å². The van der Waals surface area contributed by atoms with E-state index in [1.807, 2.05) is 30.3 Å². The van der Waals surface area contributed by atoms with Gasteiger partial charge in [-0.1, -0.05) is 41.9 Å². The molecule has 5 nitrogen and oxygen atoms in total. The topological polar surface area (TPSA) is 52.5 Å². The van der Waals surface area contributed by atoms with Gasteiger partial charge < -0.3 is 10.0 Å². The van der Waals surface area contributed by atoms with Gasteiger partial charge in [-0.2, -0.15) is 0 Å². The van der Waals surface area contributed by atoms with Gasteiger partial charge in [0.1, 0.15) is 11.3 Å². The third-order valence-electron chi connectivity index (χ3n) is 3.94. The molecule has 1 saturated heterocycles. The number of hydrogen-bond acceptors (Lipinski definition) is 5. The van der Waals surface area contributed by atoms with Gasteiger partial charge >= 0.3 is 0 Å². The lowest BCUT2D eigenvalue weighted by Crippen LogP contribution is -2.47. The number of rotatable bonds is 4. The number of β-amino-alcohol motifs (C(OH)–C–C–N with tert-alkyl or cyclic N) is 1. The van der Waals surface area contributed by atoms with E-state index >= 15 is 0 Å². The van der Waals surface area contributed by atoms with Crippen molar-refractivity contribution in [2.45, 2.75) is 6.10 Å². The molecule has 0 radical (unpaired) electrons. The molecule has 0 bridgehead atoms. The number of aliphatic hydroxyl groups is 1. The average Bonchev–Trinajstić information content (AvgIpc) is 2.57. The van der Waals surface area contributed by atoms with E-state index in [9.17, 15) is 5.11 Å². The summed E-state index contributed by atoms with van der Waals surface area (Å²) in [6.45, 7) is 4.10. The van der Waals surface area contributed by atoms with Crippen molar-refractivity contribution in [2.75, 3.05) is 37.6 Å². The van der Waals surface area contributed by atoms with Crippen molar-refractivity contribution in [3.63, 3.8) is 0 Å². The van der Waals surface area contributed by atoms with Gasteiger partial charge in [-0.05, 0) is 5.56 Å². The van der Waals surface area contributed by atoms with Crippen LogP contribution < -0.4 is 4.90 Å². The summed E-state index contributed by atoms with van der Waals surface area (Å²) in [6.07, 6.45) is 2.69. The van der Waals surface area contributed by atoms with Gasteiger partial charge in [-0.25, -0.2) is 9.97 Å². The van der Waals surface area contributed by atoms with Crippen LogP contribution in [0.5, 0.6) is 0 Å². The Morgan fingerprint density at radius 3 is 2.55 bits per heavy atom. The molecule has 1 aromatic heterocycles. The zero-order chi connectivity index (χ0) is 15.4. The number of anilines is 1. The molecule has 1 N–H and O–H groups in total. The molecule has 2 aromatic rings. The van der Waals surface area contributed by atoms with E-state index in [1.165, 1.54) is 6.33 Å². The molecule has 0 saturated carbocycles. The first-order chi connectivity index (χ1) is 10.7. The highest BCUT2D eigenvalue weighted by atomic mass is 35.5. The summed E-state index contributed by atoms with van der Waals surface area (Å²) in [4.78, 5) is 12.6. The predicted octanol–water partition coefficient (Wildman–Crippen LogP) is 1.99. The van der Waals surface area contributed by atoms with Crippen molar-refractivity contribution in [2.24, 2.45) is 0 Å². The number of aromatic nitrogens is 2. The lowest BCUT2D eigenvalue weighted by Gasteiger charge is -2.36. The second-order valence-corrected chi connectivity index (χ2v) is 5.82. The fourth-order valence-corrected chi connectivity index (χ4v) is 2.93. The minimum absolute atomic E-state index is 0.449. The molecule has 1 aliphatic heterocycles. The third-order valence-corrected chi connectivity index (χ3v) is 4.20. The van der Waals surface area contributed by atoms with Crippen molar-refractivity contribution in [1.82, 2.24) is 14.9 Å². The highest BCUT2D eigenvalue weighted by Crippen LogP contribution is 2.23. The molecular weight excluding hydrogens is 300 g/mol. The van der Waals surface area contributed by atoms with Crippen LogP contribution in [0, 0.1) is 0 Å². The number of nitrogens with zero attached hydrogens (tertiary/aromatic N) is 4. The van der Waals surface area contributed by atoms with Gasteiger partial charge in [-0.3, -0.25) is 4.90 Å². The highest BCUT2D eigenvalue weighted by Gasteiger charge is 2.21. The van der Waals surface area contributed by atoms with E-state index in [-0.39, 0.29) is 0 Å². The molecule has 0 amide bonds. The molecule has 1 fully saturated rings. The second kappa shape index (κ2) is 7.05. The average molecular weight is 319 g/mol. The summed E-state index contributed by atoms with van der Waals surface area (Å²) in [5.74, 6) is 0.792. The van der Waals surface area contributed by atoms with Crippen molar-refractivity contribution in [3.05, 3.63) is 53.4 Å². The number of aliphatic hydroxyl groups excluding tert-OH is 1. The molecule has 1 aromatic carbocycles. The van der Waals surface area contributed by atoms with Crippen molar-refractivity contribution in [3.8, 4) is 0 Å². The van der Waals surface area contributed by atoms with Crippen molar-refractivity contribution < 1.29 is 5.11 Å². The van der Waals surface area contributed by atoms with E-state index in [0.717, 1.165) is 37.6 Å². The quantitative estimate of drug-likeness (QED) is 0.934. The largest absolute Gasteiger partial charge is 0.387 e. The zero-order valence-corrected chi connectivity index (χ0v) is 13.0. The van der Waals surface area contributed by atoms with Crippen molar-refractivity contribution in [1.29, 1.82) is 0 Å². The minimum Gasteiger partial charge on any atom is -0.387 e. The second-order valence-electron chi connectivity index (χ2n) is 5.41. The van der Waals surface area contributed by atoms with Crippen LogP contribution in [0.4, 0.5) is 5.82 Å². The van der Waals surface area contributed by atoms with Gasteiger partial charge in [0.2, 0.25) is 0 Å². The van der Waals surface area contributed by atoms with Crippen LogP contribution in [-0.4, -0.2) is 52.7 Å². The van der Waals surface area contributed by atoms with E-state index in [4.69, 9.17) is 11.6 Å². The van der Waals surface area contributed by atoms with Gasteiger partial charge in [-0.15, -0.1) is 0 Å². The van der Waals surface area contributed by atoms with Crippen LogP contribution in [0.25, 0.3) is 0 Å². The molecule has 1 atom stereocenters. The first kappa shape index (κ1) is 15.2. The first-order valence-electron chi connectivity index (χ1n) is 7.40. The number of benzene rings is 1. The van der Waals surface area contributed by atoms with Gasteiger partial charge in [0.15, 0.2) is 5.82 Å². The Labute approximate surface area is 135 Å². The Balaban J connectivity index is 1.55. The molecule has 6 heteroatoms. The molecule has 0 aliphatic carbocycles. The highest BCUT2D eigenvalue weighted by molar-refractivity contribution is 6.32. The monoisotopic (exact) mass is 318 g/mol. The van der Waals surface area contributed by atoms with Crippen molar-refractivity contribution >= 4 is 17.4 Å².